The Morgan fingerprint density at radius 1 is 1.40 bits per heavy atom. The third kappa shape index (κ3) is 6.78. The monoisotopic (exact) mass is 282 g/mol. The molecule has 5 heteroatoms. The highest BCUT2D eigenvalue weighted by Gasteiger charge is 2.18. The van der Waals surface area contributed by atoms with Crippen LogP contribution in [0.5, 0.6) is 0 Å². The molecule has 5 nitrogen and oxygen atoms in total. The average molecular weight is 282 g/mol. The van der Waals surface area contributed by atoms with Gasteiger partial charge in [0.05, 0.1) is 0 Å². The average Bonchev–Trinajstić information content (AvgIpc) is 2.80. The maximum Gasteiger partial charge on any atom is 0.222 e. The smallest absolute Gasteiger partial charge is 0.222 e. The second-order valence-corrected chi connectivity index (χ2v) is 5.71. The summed E-state index contributed by atoms with van der Waals surface area (Å²) in [7, 11) is 0. The van der Waals surface area contributed by atoms with Crippen molar-refractivity contribution in [3.63, 3.8) is 0 Å². The predicted octanol–water partition coefficient (Wildman–Crippen LogP) is 1.60. The number of hydrogen-bond donors (Lipinski definition) is 2. The molecule has 20 heavy (non-hydrogen) atoms. The minimum absolute atomic E-state index is 0.302. The summed E-state index contributed by atoms with van der Waals surface area (Å²) in [4.78, 5) is 18.0. The van der Waals surface area contributed by atoms with Crippen LogP contribution in [-0.4, -0.2) is 49.5 Å². The Balaban J connectivity index is 2.21. The number of carbonyl (C=O) groups is 1. The predicted molar refractivity (Wildman–Crippen MR) is 83.9 cm³/mol. The molecule has 116 valence electrons. The molecule has 1 rings (SSSR count). The minimum atomic E-state index is 0.302. The second-order valence-electron chi connectivity index (χ2n) is 5.71. The molecule has 1 amide bonds. The van der Waals surface area contributed by atoms with Gasteiger partial charge in [-0.3, -0.25) is 9.79 Å². The Kier molecular flexibility index (Phi) is 8.07. The van der Waals surface area contributed by atoms with Crippen molar-refractivity contribution in [2.45, 2.75) is 46.5 Å². The highest BCUT2D eigenvalue weighted by atomic mass is 16.2. The van der Waals surface area contributed by atoms with Gasteiger partial charge in [-0.05, 0) is 32.1 Å². The fraction of sp³-hybridized carbons (Fsp3) is 0.867. The second kappa shape index (κ2) is 9.61. The number of aliphatic imine (C=N–C) groups is 1. The van der Waals surface area contributed by atoms with Crippen LogP contribution in [-0.2, 0) is 4.79 Å². The number of likely N-dealkylation sites (tertiary alicyclic amines) is 1. The van der Waals surface area contributed by atoms with Crippen molar-refractivity contribution >= 4 is 11.9 Å². The van der Waals surface area contributed by atoms with E-state index >= 15 is 0 Å². The summed E-state index contributed by atoms with van der Waals surface area (Å²) >= 11 is 0. The zero-order valence-electron chi connectivity index (χ0n) is 13.2. The fourth-order valence-corrected chi connectivity index (χ4v) is 2.21. The van der Waals surface area contributed by atoms with Crippen LogP contribution in [0.4, 0.5) is 0 Å². The fourth-order valence-electron chi connectivity index (χ4n) is 2.21. The first kappa shape index (κ1) is 16.8. The standard InChI is InChI=1S/C15H30N4O/c1-4-16-15(18-10-8-13(2)3)17-9-6-12-19-11-5-7-14(19)20/h13H,4-12H2,1-3H3,(H2,16,17,18). The molecule has 2 N–H and O–H groups in total. The van der Waals surface area contributed by atoms with Gasteiger partial charge >= 0.3 is 0 Å². The van der Waals surface area contributed by atoms with Crippen molar-refractivity contribution in [3.05, 3.63) is 0 Å². The lowest BCUT2D eigenvalue weighted by molar-refractivity contribution is -0.127. The Labute approximate surface area is 123 Å². The number of nitrogens with zero attached hydrogens (tertiary/aromatic N) is 2. The van der Waals surface area contributed by atoms with Gasteiger partial charge in [-0.25, -0.2) is 0 Å². The summed E-state index contributed by atoms with van der Waals surface area (Å²) in [6.07, 6.45) is 3.82. The lowest BCUT2D eigenvalue weighted by Crippen LogP contribution is -2.38. The molecule has 0 aromatic carbocycles. The Morgan fingerprint density at radius 3 is 2.80 bits per heavy atom. The van der Waals surface area contributed by atoms with E-state index in [1.807, 2.05) is 4.90 Å². The van der Waals surface area contributed by atoms with Gasteiger partial charge < -0.3 is 15.5 Å². The summed E-state index contributed by atoms with van der Waals surface area (Å²) in [6, 6.07) is 0. The van der Waals surface area contributed by atoms with Crippen molar-refractivity contribution in [2.75, 3.05) is 32.7 Å². The summed E-state index contributed by atoms with van der Waals surface area (Å²) in [5.74, 6) is 1.89. The summed E-state index contributed by atoms with van der Waals surface area (Å²) < 4.78 is 0. The van der Waals surface area contributed by atoms with E-state index in [0.29, 0.717) is 11.8 Å². The van der Waals surface area contributed by atoms with E-state index in [-0.39, 0.29) is 0 Å². The SMILES string of the molecule is CCNC(=NCCCN1CCCC1=O)NCCC(C)C. The van der Waals surface area contributed by atoms with Crippen molar-refractivity contribution in [2.24, 2.45) is 10.9 Å². The summed E-state index contributed by atoms with van der Waals surface area (Å²) in [6.45, 7) is 10.9. The third-order valence-corrected chi connectivity index (χ3v) is 3.39. The summed E-state index contributed by atoms with van der Waals surface area (Å²) in [5.41, 5.74) is 0. The van der Waals surface area contributed by atoms with Gasteiger partial charge in [0.15, 0.2) is 5.96 Å². The van der Waals surface area contributed by atoms with E-state index in [0.717, 1.165) is 64.4 Å². The molecule has 1 heterocycles. The number of guanidine groups is 1. The van der Waals surface area contributed by atoms with E-state index in [9.17, 15) is 4.79 Å². The number of amides is 1. The first-order valence-electron chi connectivity index (χ1n) is 7.93. The van der Waals surface area contributed by atoms with E-state index in [4.69, 9.17) is 0 Å². The van der Waals surface area contributed by atoms with Crippen LogP contribution in [0, 0.1) is 5.92 Å². The number of rotatable bonds is 8. The van der Waals surface area contributed by atoms with Gasteiger partial charge in [0, 0.05) is 39.1 Å². The lowest BCUT2D eigenvalue weighted by Gasteiger charge is -2.15. The van der Waals surface area contributed by atoms with Crippen molar-refractivity contribution < 1.29 is 4.79 Å². The van der Waals surface area contributed by atoms with E-state index in [2.05, 4.69) is 36.4 Å². The molecule has 0 aliphatic carbocycles. The van der Waals surface area contributed by atoms with Crippen LogP contribution >= 0.6 is 0 Å². The molecule has 1 fully saturated rings. The molecule has 0 spiro atoms. The number of nitrogens with one attached hydrogen (secondary N) is 2. The Hall–Kier alpha value is -1.26. The highest BCUT2D eigenvalue weighted by molar-refractivity contribution is 5.79. The Morgan fingerprint density at radius 2 is 2.20 bits per heavy atom. The molecule has 1 aliphatic rings. The Bertz CT molecular complexity index is 315. The van der Waals surface area contributed by atoms with Crippen molar-refractivity contribution in [1.29, 1.82) is 0 Å². The zero-order chi connectivity index (χ0) is 14.8. The third-order valence-electron chi connectivity index (χ3n) is 3.39. The maximum atomic E-state index is 11.5. The lowest BCUT2D eigenvalue weighted by atomic mass is 10.1. The van der Waals surface area contributed by atoms with E-state index in [1.165, 1.54) is 0 Å². The molecule has 0 bridgehead atoms. The summed E-state index contributed by atoms with van der Waals surface area (Å²) in [5, 5.41) is 6.60. The number of carbonyl (C=O) groups excluding carboxylic acids is 1. The molecule has 1 aliphatic heterocycles. The molecule has 0 saturated carbocycles. The van der Waals surface area contributed by atoms with Gasteiger partial charge in [-0.15, -0.1) is 0 Å². The van der Waals surface area contributed by atoms with Crippen LogP contribution in [0.25, 0.3) is 0 Å². The highest BCUT2D eigenvalue weighted by Crippen LogP contribution is 2.09. The minimum Gasteiger partial charge on any atom is -0.357 e. The first-order chi connectivity index (χ1) is 9.63. The van der Waals surface area contributed by atoms with Gasteiger partial charge in [0.25, 0.3) is 0 Å². The quantitative estimate of drug-likeness (QED) is 0.404. The van der Waals surface area contributed by atoms with Crippen LogP contribution in [0.3, 0.4) is 0 Å². The van der Waals surface area contributed by atoms with Crippen LogP contribution in [0.2, 0.25) is 0 Å². The van der Waals surface area contributed by atoms with Gasteiger partial charge in [0.1, 0.15) is 0 Å². The first-order valence-corrected chi connectivity index (χ1v) is 7.93. The van der Waals surface area contributed by atoms with Crippen molar-refractivity contribution in [3.8, 4) is 0 Å². The molecule has 0 aromatic heterocycles. The van der Waals surface area contributed by atoms with Crippen LogP contribution in [0.1, 0.15) is 46.5 Å². The van der Waals surface area contributed by atoms with E-state index in [1.54, 1.807) is 0 Å². The van der Waals surface area contributed by atoms with Gasteiger partial charge in [-0.2, -0.15) is 0 Å². The van der Waals surface area contributed by atoms with Crippen LogP contribution in [0.15, 0.2) is 4.99 Å². The largest absolute Gasteiger partial charge is 0.357 e. The van der Waals surface area contributed by atoms with Gasteiger partial charge in [0.2, 0.25) is 5.91 Å². The maximum absolute atomic E-state index is 11.5. The molecule has 0 aromatic rings. The van der Waals surface area contributed by atoms with Crippen LogP contribution < -0.4 is 10.6 Å². The normalized spacial score (nSPS) is 16.1. The van der Waals surface area contributed by atoms with E-state index < -0.39 is 0 Å². The molecule has 0 radical (unpaired) electrons. The zero-order valence-corrected chi connectivity index (χ0v) is 13.2. The van der Waals surface area contributed by atoms with Crippen molar-refractivity contribution in [1.82, 2.24) is 15.5 Å². The number of hydrogen-bond acceptors (Lipinski definition) is 2. The van der Waals surface area contributed by atoms with Gasteiger partial charge in [-0.1, -0.05) is 13.8 Å². The molecule has 0 atom stereocenters. The molecule has 0 unspecified atom stereocenters. The molecule has 1 saturated heterocycles. The topological polar surface area (TPSA) is 56.7 Å². The molecular weight excluding hydrogens is 252 g/mol. The molecular formula is C15H30N4O.